The summed E-state index contributed by atoms with van der Waals surface area (Å²) in [4.78, 5) is 25.4. The number of nitrogens with zero attached hydrogens (tertiary/aromatic N) is 3. The number of hydrogen-bond donors (Lipinski definition) is 1. The third kappa shape index (κ3) is 3.84. The minimum Gasteiger partial charge on any atom is -0.355 e. The van der Waals surface area contributed by atoms with Crippen LogP contribution in [-0.2, 0) is 24.1 Å². The van der Waals surface area contributed by atoms with Gasteiger partial charge in [-0.15, -0.1) is 11.3 Å². The van der Waals surface area contributed by atoms with Crippen LogP contribution in [0, 0.1) is 5.92 Å². The third-order valence-corrected chi connectivity index (χ3v) is 6.08. The number of carbonyl (C=O) groups excluding carboxylic acids is 1. The fraction of sp³-hybridized carbons (Fsp3) is 0.526. The van der Waals surface area contributed by atoms with Crippen molar-refractivity contribution in [3.63, 3.8) is 0 Å². The molecular weight excluding hydrogens is 332 g/mol. The number of amides is 1. The number of nitrogens with one attached hydrogen (secondary N) is 1. The molecule has 4 rings (SSSR count). The second-order valence-corrected chi connectivity index (χ2v) is 7.93. The van der Waals surface area contributed by atoms with E-state index in [1.165, 1.54) is 17.7 Å². The molecule has 2 aliphatic rings. The molecule has 1 aliphatic heterocycles. The Morgan fingerprint density at radius 3 is 3.04 bits per heavy atom. The van der Waals surface area contributed by atoms with Gasteiger partial charge >= 0.3 is 0 Å². The molecule has 3 heterocycles. The van der Waals surface area contributed by atoms with E-state index in [0.717, 1.165) is 56.0 Å². The van der Waals surface area contributed by atoms with E-state index in [0.29, 0.717) is 6.54 Å². The van der Waals surface area contributed by atoms with Gasteiger partial charge < -0.3 is 10.2 Å². The summed E-state index contributed by atoms with van der Waals surface area (Å²) in [5.74, 6) is 1.10. The Hall–Kier alpha value is -1.95. The number of fused-ring (bicyclic) bond motifs is 1. The topological polar surface area (TPSA) is 58.1 Å². The molecule has 1 atom stereocenters. The van der Waals surface area contributed by atoms with Crippen LogP contribution in [0.2, 0.25) is 0 Å². The monoisotopic (exact) mass is 356 g/mol. The first kappa shape index (κ1) is 16.5. The maximum absolute atomic E-state index is 12.5. The molecule has 5 nitrogen and oxygen atoms in total. The zero-order chi connectivity index (χ0) is 17.1. The highest BCUT2D eigenvalue weighted by atomic mass is 32.1. The molecule has 1 amide bonds. The summed E-state index contributed by atoms with van der Waals surface area (Å²) in [6.07, 6.45) is 7.84. The smallest absolute Gasteiger partial charge is 0.225 e. The molecule has 25 heavy (non-hydrogen) atoms. The van der Waals surface area contributed by atoms with Crippen LogP contribution in [0.1, 0.15) is 35.4 Å². The molecule has 1 N–H and O–H groups in total. The predicted molar refractivity (Wildman–Crippen MR) is 100 cm³/mol. The second-order valence-electron chi connectivity index (χ2n) is 6.90. The molecule has 6 heteroatoms. The van der Waals surface area contributed by atoms with Gasteiger partial charge in [0.15, 0.2) is 0 Å². The molecule has 0 bridgehead atoms. The van der Waals surface area contributed by atoms with Crippen LogP contribution in [0.4, 0.5) is 5.95 Å². The molecule has 1 saturated heterocycles. The molecule has 2 aromatic heterocycles. The first-order valence-electron chi connectivity index (χ1n) is 9.19. The van der Waals surface area contributed by atoms with Gasteiger partial charge in [-0.05, 0) is 55.5 Å². The zero-order valence-electron chi connectivity index (χ0n) is 14.4. The van der Waals surface area contributed by atoms with Crippen molar-refractivity contribution < 1.29 is 4.79 Å². The van der Waals surface area contributed by atoms with Crippen molar-refractivity contribution in [1.82, 2.24) is 15.3 Å². The largest absolute Gasteiger partial charge is 0.355 e. The number of hydrogen-bond acceptors (Lipinski definition) is 5. The van der Waals surface area contributed by atoms with Crippen molar-refractivity contribution >= 4 is 23.2 Å². The van der Waals surface area contributed by atoms with E-state index >= 15 is 0 Å². The highest BCUT2D eigenvalue weighted by Crippen LogP contribution is 2.26. The first-order chi connectivity index (χ1) is 12.3. The van der Waals surface area contributed by atoms with Crippen molar-refractivity contribution in [2.24, 2.45) is 5.92 Å². The quantitative estimate of drug-likeness (QED) is 0.895. The average molecular weight is 356 g/mol. The highest BCUT2D eigenvalue weighted by molar-refractivity contribution is 7.09. The Bertz CT molecular complexity index is 725. The highest BCUT2D eigenvalue weighted by Gasteiger charge is 2.26. The van der Waals surface area contributed by atoms with E-state index in [1.54, 1.807) is 11.3 Å². The molecule has 2 aromatic rings. The van der Waals surface area contributed by atoms with Crippen molar-refractivity contribution in [3.05, 3.63) is 39.8 Å². The summed E-state index contributed by atoms with van der Waals surface area (Å²) in [6, 6.07) is 4.17. The third-order valence-electron chi connectivity index (χ3n) is 5.15. The normalized spacial score (nSPS) is 19.7. The molecule has 132 valence electrons. The molecule has 0 spiro atoms. The van der Waals surface area contributed by atoms with E-state index in [9.17, 15) is 4.79 Å². The fourth-order valence-corrected chi connectivity index (χ4v) is 4.41. The lowest BCUT2D eigenvalue weighted by molar-refractivity contribution is -0.125. The lowest BCUT2D eigenvalue weighted by atomic mass is 9.86. The Morgan fingerprint density at radius 1 is 1.36 bits per heavy atom. The van der Waals surface area contributed by atoms with Crippen LogP contribution in [0.5, 0.6) is 0 Å². The Labute approximate surface area is 152 Å². The van der Waals surface area contributed by atoms with E-state index in [1.807, 2.05) is 6.20 Å². The van der Waals surface area contributed by atoms with Crippen molar-refractivity contribution in [3.8, 4) is 0 Å². The predicted octanol–water partition coefficient (Wildman–Crippen LogP) is 2.60. The summed E-state index contributed by atoms with van der Waals surface area (Å²) >= 11 is 1.74. The SMILES string of the molecule is O=C(NCCc1cccs1)C1CCc2nc(N3CCCC3)ncc2C1. The van der Waals surface area contributed by atoms with Gasteiger partial charge in [0.05, 0.1) is 0 Å². The zero-order valence-corrected chi connectivity index (χ0v) is 15.2. The standard InChI is InChI=1S/C19H24N4OS/c24-18(20-8-7-16-4-3-11-25-16)14-5-6-17-15(12-14)13-21-19(22-17)23-9-1-2-10-23/h3-4,11,13-14H,1-2,5-10,12H2,(H,20,24). The number of aromatic nitrogens is 2. The van der Waals surface area contributed by atoms with Gasteiger partial charge in [0.25, 0.3) is 0 Å². The van der Waals surface area contributed by atoms with Gasteiger partial charge in [0, 0.05) is 42.3 Å². The lowest BCUT2D eigenvalue weighted by Crippen LogP contribution is -2.35. The van der Waals surface area contributed by atoms with E-state index in [-0.39, 0.29) is 11.8 Å². The molecule has 1 unspecified atom stereocenters. The molecule has 0 radical (unpaired) electrons. The van der Waals surface area contributed by atoms with Crippen molar-refractivity contribution in [1.29, 1.82) is 0 Å². The van der Waals surface area contributed by atoms with Gasteiger partial charge in [-0.1, -0.05) is 6.07 Å². The lowest BCUT2D eigenvalue weighted by Gasteiger charge is -2.24. The van der Waals surface area contributed by atoms with Crippen LogP contribution in [-0.4, -0.2) is 35.5 Å². The molecule has 1 aliphatic carbocycles. The molecule has 0 aromatic carbocycles. The minimum absolute atomic E-state index is 0.0528. The van der Waals surface area contributed by atoms with Crippen LogP contribution >= 0.6 is 11.3 Å². The number of thiophene rings is 1. The summed E-state index contributed by atoms with van der Waals surface area (Å²) < 4.78 is 0. The number of rotatable bonds is 5. The van der Waals surface area contributed by atoms with E-state index < -0.39 is 0 Å². The van der Waals surface area contributed by atoms with Crippen LogP contribution in [0.25, 0.3) is 0 Å². The Morgan fingerprint density at radius 2 is 2.24 bits per heavy atom. The maximum Gasteiger partial charge on any atom is 0.225 e. The molecule has 0 saturated carbocycles. The minimum atomic E-state index is 0.0528. The number of carbonyl (C=O) groups is 1. The van der Waals surface area contributed by atoms with Gasteiger partial charge in [0.2, 0.25) is 11.9 Å². The van der Waals surface area contributed by atoms with Gasteiger partial charge in [-0.3, -0.25) is 4.79 Å². The maximum atomic E-state index is 12.5. The molecular formula is C19H24N4OS. The van der Waals surface area contributed by atoms with Gasteiger partial charge in [-0.2, -0.15) is 0 Å². The first-order valence-corrected chi connectivity index (χ1v) is 10.1. The number of anilines is 1. The van der Waals surface area contributed by atoms with Crippen LogP contribution in [0.3, 0.4) is 0 Å². The molecule has 1 fully saturated rings. The van der Waals surface area contributed by atoms with Gasteiger partial charge in [-0.25, -0.2) is 9.97 Å². The van der Waals surface area contributed by atoms with E-state index in [2.05, 4.69) is 32.7 Å². The van der Waals surface area contributed by atoms with Crippen LogP contribution < -0.4 is 10.2 Å². The Kier molecular flexibility index (Phi) is 4.97. The van der Waals surface area contributed by atoms with Crippen LogP contribution in [0.15, 0.2) is 23.7 Å². The summed E-state index contributed by atoms with van der Waals surface area (Å²) in [5, 5.41) is 5.17. The summed E-state index contributed by atoms with van der Waals surface area (Å²) in [7, 11) is 0. The second kappa shape index (κ2) is 7.52. The van der Waals surface area contributed by atoms with Crippen molar-refractivity contribution in [2.75, 3.05) is 24.5 Å². The van der Waals surface area contributed by atoms with E-state index in [4.69, 9.17) is 4.98 Å². The number of aryl methyl sites for hydroxylation is 1. The van der Waals surface area contributed by atoms with Gasteiger partial charge in [0.1, 0.15) is 0 Å². The summed E-state index contributed by atoms with van der Waals surface area (Å²) in [6.45, 7) is 2.84. The summed E-state index contributed by atoms with van der Waals surface area (Å²) in [5.41, 5.74) is 2.28. The van der Waals surface area contributed by atoms with Crippen molar-refractivity contribution in [2.45, 2.75) is 38.5 Å². The fourth-order valence-electron chi connectivity index (χ4n) is 3.70. The Balaban J connectivity index is 1.33. The average Bonchev–Trinajstić information content (AvgIpc) is 3.34.